The number of sulfone groups is 1. The number of fused-ring (bicyclic) bond motifs is 1. The molecule has 0 aliphatic carbocycles. The summed E-state index contributed by atoms with van der Waals surface area (Å²) in [7, 11) is -0.409. The topological polar surface area (TPSA) is 182 Å². The van der Waals surface area contributed by atoms with Crippen molar-refractivity contribution in [3.8, 4) is 11.1 Å². The number of β-amino-alcohol motifs (C(OH)–C–C–N with tert-alkyl or cyclic N) is 1. The monoisotopic (exact) mass is 574 g/mol. The van der Waals surface area contributed by atoms with E-state index >= 15 is 0 Å². The Labute approximate surface area is 229 Å². The fourth-order valence-corrected chi connectivity index (χ4v) is 6.47. The number of nitrogens with zero attached hydrogens (tertiary/aromatic N) is 4. The summed E-state index contributed by atoms with van der Waals surface area (Å²) in [5, 5.41) is 19.4. The highest BCUT2D eigenvalue weighted by molar-refractivity contribution is 7.91. The molecule has 1 aliphatic rings. The summed E-state index contributed by atoms with van der Waals surface area (Å²) in [6, 6.07) is 12.9. The molecule has 208 valence electrons. The number of amides is 1. The van der Waals surface area contributed by atoms with E-state index in [-0.39, 0.29) is 11.8 Å². The van der Waals surface area contributed by atoms with Crippen molar-refractivity contribution in [3.05, 3.63) is 64.8 Å². The van der Waals surface area contributed by atoms with Gasteiger partial charge in [0.2, 0.25) is 11.8 Å². The van der Waals surface area contributed by atoms with E-state index in [1.807, 2.05) is 43.2 Å². The normalized spacial score (nSPS) is 14.0. The molecule has 1 aliphatic heterocycles. The smallest absolute Gasteiger partial charge is 0.254 e. The van der Waals surface area contributed by atoms with Gasteiger partial charge < -0.3 is 30.3 Å². The summed E-state index contributed by atoms with van der Waals surface area (Å²) in [5.74, 6) is 0.160. The van der Waals surface area contributed by atoms with Gasteiger partial charge in [0.15, 0.2) is 15.1 Å². The molecule has 0 saturated carbocycles. The lowest BCUT2D eigenvalue weighted by Gasteiger charge is -2.35. The van der Waals surface area contributed by atoms with Gasteiger partial charge in [-0.3, -0.25) is 4.79 Å². The predicted molar refractivity (Wildman–Crippen MR) is 148 cm³/mol. The molecule has 0 spiro atoms. The standard InChI is InChI=1S/C23H23N5O5S2.CH5N.CH2O/c1-24-10-19-26-27-21(33-19)20(35(2,31)32)22-25-17-7-6-14(9-18(17)34-22)13-4-3-5-15(8-13)23(30)28-11-16(29)12-28;2*1-2/h3-9,16,20,24,29H,10-12H2,1-2H3;2H2,1H3;1H2. The molecule has 2 aromatic heterocycles. The first-order valence-electron chi connectivity index (χ1n) is 11.7. The Kier molecular flexibility index (Phi) is 9.99. The Morgan fingerprint density at radius 1 is 1.21 bits per heavy atom. The maximum atomic E-state index is 12.6. The second-order valence-electron chi connectivity index (χ2n) is 8.45. The van der Waals surface area contributed by atoms with Crippen LogP contribution in [0.15, 0.2) is 46.9 Å². The highest BCUT2D eigenvalue weighted by Crippen LogP contribution is 2.36. The molecule has 39 heavy (non-hydrogen) atoms. The summed E-state index contributed by atoms with van der Waals surface area (Å²) in [4.78, 5) is 26.8. The van der Waals surface area contributed by atoms with Gasteiger partial charge in [0, 0.05) is 24.9 Å². The minimum Gasteiger partial charge on any atom is -0.422 e. The SMILES string of the molecule is C=O.CN.CNCc1nnc(C(c2nc3ccc(-c4cccc(C(=O)N5CC(O)C5)c4)cc3s2)S(C)(=O)=O)o1. The quantitative estimate of drug-likeness (QED) is 0.290. The summed E-state index contributed by atoms with van der Waals surface area (Å²) >= 11 is 1.25. The highest BCUT2D eigenvalue weighted by Gasteiger charge is 2.34. The molecule has 1 saturated heterocycles. The second-order valence-corrected chi connectivity index (χ2v) is 11.6. The van der Waals surface area contributed by atoms with Crippen LogP contribution in [0, 0.1) is 0 Å². The van der Waals surface area contributed by atoms with Crippen LogP contribution in [0.25, 0.3) is 21.3 Å². The van der Waals surface area contributed by atoms with E-state index in [0.29, 0.717) is 41.6 Å². The number of benzene rings is 2. The Bertz CT molecular complexity index is 1530. The van der Waals surface area contributed by atoms with E-state index in [1.54, 1.807) is 18.0 Å². The summed E-state index contributed by atoms with van der Waals surface area (Å²) in [6.45, 7) is 3.01. The third-order valence-corrected chi connectivity index (χ3v) is 8.20. The molecule has 2 aromatic carbocycles. The third-order valence-electron chi connectivity index (χ3n) is 5.68. The average molecular weight is 575 g/mol. The number of nitrogens with one attached hydrogen (secondary N) is 1. The van der Waals surface area contributed by atoms with E-state index < -0.39 is 21.2 Å². The van der Waals surface area contributed by atoms with Gasteiger partial charge in [0.25, 0.3) is 5.91 Å². The summed E-state index contributed by atoms with van der Waals surface area (Å²) in [5.41, 5.74) is 7.42. The van der Waals surface area contributed by atoms with Crippen LogP contribution in [-0.4, -0.2) is 85.8 Å². The van der Waals surface area contributed by atoms with E-state index in [0.717, 1.165) is 22.1 Å². The number of likely N-dealkylation sites (tertiary alicyclic amines) is 1. The lowest BCUT2D eigenvalue weighted by Crippen LogP contribution is -2.53. The molecular formula is C25H30N6O6S2. The number of hydrogen-bond donors (Lipinski definition) is 3. The van der Waals surface area contributed by atoms with Crippen molar-refractivity contribution in [2.75, 3.05) is 33.4 Å². The molecule has 4 N–H and O–H groups in total. The average Bonchev–Trinajstić information content (AvgIpc) is 3.55. The van der Waals surface area contributed by atoms with E-state index in [2.05, 4.69) is 26.2 Å². The van der Waals surface area contributed by atoms with E-state index in [1.165, 1.54) is 18.4 Å². The summed E-state index contributed by atoms with van der Waals surface area (Å²) < 4.78 is 31.7. The molecule has 4 aromatic rings. The van der Waals surface area contributed by atoms with Crippen LogP contribution in [0.5, 0.6) is 0 Å². The van der Waals surface area contributed by atoms with Crippen LogP contribution in [0.4, 0.5) is 0 Å². The van der Waals surface area contributed by atoms with E-state index in [4.69, 9.17) is 9.21 Å². The molecule has 14 heteroatoms. The Morgan fingerprint density at radius 3 is 2.54 bits per heavy atom. The molecule has 3 heterocycles. The highest BCUT2D eigenvalue weighted by atomic mass is 32.2. The van der Waals surface area contributed by atoms with Crippen LogP contribution >= 0.6 is 11.3 Å². The Hall–Kier alpha value is -3.56. The molecule has 1 atom stereocenters. The maximum absolute atomic E-state index is 12.6. The molecule has 1 fully saturated rings. The van der Waals surface area contributed by atoms with Crippen molar-refractivity contribution in [3.63, 3.8) is 0 Å². The van der Waals surface area contributed by atoms with Gasteiger partial charge in [-0.25, -0.2) is 13.4 Å². The van der Waals surface area contributed by atoms with Crippen molar-refractivity contribution in [2.24, 2.45) is 5.73 Å². The number of thiazole rings is 1. The zero-order chi connectivity index (χ0) is 28.7. The third kappa shape index (κ3) is 6.72. The molecule has 0 radical (unpaired) electrons. The summed E-state index contributed by atoms with van der Waals surface area (Å²) in [6.07, 6.45) is 0.666. The predicted octanol–water partition coefficient (Wildman–Crippen LogP) is 1.41. The number of aliphatic hydroxyl groups excluding tert-OH is 1. The first kappa shape index (κ1) is 30.0. The minimum absolute atomic E-state index is 0.0145. The van der Waals surface area contributed by atoms with Crippen molar-refractivity contribution in [2.45, 2.75) is 17.9 Å². The van der Waals surface area contributed by atoms with Crippen LogP contribution < -0.4 is 11.1 Å². The van der Waals surface area contributed by atoms with Crippen molar-refractivity contribution in [1.82, 2.24) is 25.4 Å². The van der Waals surface area contributed by atoms with Crippen molar-refractivity contribution >= 4 is 44.1 Å². The number of aliphatic hydroxyl groups is 1. The molecule has 1 unspecified atom stereocenters. The number of carbonyl (C=O) groups is 2. The van der Waals surface area contributed by atoms with Gasteiger partial charge in [0.1, 0.15) is 11.8 Å². The van der Waals surface area contributed by atoms with Gasteiger partial charge in [-0.05, 0) is 49.5 Å². The molecular weight excluding hydrogens is 544 g/mol. The fraction of sp³-hybridized carbons (Fsp3) is 0.320. The van der Waals surface area contributed by atoms with Gasteiger partial charge in [0.05, 0.1) is 22.9 Å². The zero-order valence-corrected chi connectivity index (χ0v) is 23.3. The Morgan fingerprint density at radius 2 is 1.90 bits per heavy atom. The van der Waals surface area contributed by atoms with Crippen LogP contribution in [0.3, 0.4) is 0 Å². The first-order chi connectivity index (χ1) is 18.7. The lowest BCUT2D eigenvalue weighted by atomic mass is 10.0. The molecule has 0 bridgehead atoms. The van der Waals surface area contributed by atoms with Crippen molar-refractivity contribution in [1.29, 1.82) is 0 Å². The number of nitrogens with two attached hydrogens (primary N) is 1. The molecule has 12 nitrogen and oxygen atoms in total. The zero-order valence-electron chi connectivity index (χ0n) is 21.7. The Balaban J connectivity index is 0.00000100. The first-order valence-corrected chi connectivity index (χ1v) is 14.5. The van der Waals surface area contributed by atoms with Gasteiger partial charge in [-0.15, -0.1) is 21.5 Å². The van der Waals surface area contributed by atoms with Crippen LogP contribution in [0.1, 0.15) is 32.4 Å². The lowest BCUT2D eigenvalue weighted by molar-refractivity contribution is -0.0980. The largest absolute Gasteiger partial charge is 0.422 e. The van der Waals surface area contributed by atoms with Crippen LogP contribution in [0.2, 0.25) is 0 Å². The number of rotatable bonds is 7. The molecule has 5 rings (SSSR count). The number of carbonyl (C=O) groups excluding carboxylic acids is 2. The fourth-order valence-electron chi connectivity index (χ4n) is 3.94. The minimum atomic E-state index is -3.64. The van der Waals surface area contributed by atoms with Gasteiger partial charge in [-0.1, -0.05) is 18.2 Å². The van der Waals surface area contributed by atoms with Crippen LogP contribution in [-0.2, 0) is 21.2 Å². The second kappa shape index (κ2) is 13.0. The van der Waals surface area contributed by atoms with Crippen molar-refractivity contribution < 1.29 is 27.5 Å². The number of aromatic nitrogens is 3. The number of hydrogen-bond acceptors (Lipinski definition) is 12. The molecule has 1 amide bonds. The van der Waals surface area contributed by atoms with Gasteiger partial charge >= 0.3 is 0 Å². The van der Waals surface area contributed by atoms with E-state index in [9.17, 15) is 18.3 Å². The van der Waals surface area contributed by atoms with Gasteiger partial charge in [-0.2, -0.15) is 0 Å². The maximum Gasteiger partial charge on any atom is 0.254 e.